The topological polar surface area (TPSA) is 79.0 Å². The van der Waals surface area contributed by atoms with Crippen LogP contribution in [0.15, 0.2) is 40.2 Å². The summed E-state index contributed by atoms with van der Waals surface area (Å²) in [5, 5.41) is 2.71. The lowest BCUT2D eigenvalue weighted by atomic mass is 10.0. The summed E-state index contributed by atoms with van der Waals surface area (Å²) in [6.07, 6.45) is 0. The number of carbonyl (C=O) groups is 3. The van der Waals surface area contributed by atoms with Crippen molar-refractivity contribution in [3.63, 3.8) is 0 Å². The smallest absolute Gasteiger partial charge is 0.325 e. The second-order valence-electron chi connectivity index (χ2n) is 6.65. The van der Waals surface area contributed by atoms with E-state index < -0.39 is 17.5 Å². The Morgan fingerprint density at radius 3 is 2.71 bits per heavy atom. The van der Waals surface area contributed by atoms with E-state index in [1.54, 1.807) is 27.1 Å². The van der Waals surface area contributed by atoms with Crippen molar-refractivity contribution in [2.75, 3.05) is 20.7 Å². The normalized spacial score (nSPS) is 18.9. The zero-order chi connectivity index (χ0) is 20.5. The molecule has 3 rings (SSSR count). The van der Waals surface area contributed by atoms with E-state index in [1.165, 1.54) is 16.2 Å². The average Bonchev–Trinajstić information content (AvgIpc) is 3.19. The van der Waals surface area contributed by atoms with Crippen molar-refractivity contribution in [2.45, 2.75) is 19.0 Å². The molecule has 9 heteroatoms. The molecule has 1 N–H and O–H groups in total. The minimum Gasteiger partial charge on any atom is -0.497 e. The summed E-state index contributed by atoms with van der Waals surface area (Å²) in [4.78, 5) is 41.0. The summed E-state index contributed by atoms with van der Waals surface area (Å²) in [5.41, 5.74) is -0.278. The molecule has 0 spiro atoms. The van der Waals surface area contributed by atoms with Crippen molar-refractivity contribution < 1.29 is 19.1 Å². The predicted molar refractivity (Wildman–Crippen MR) is 109 cm³/mol. The number of thiophene rings is 1. The first-order valence-corrected chi connectivity index (χ1v) is 10.1. The average molecular weight is 466 g/mol. The summed E-state index contributed by atoms with van der Waals surface area (Å²) < 4.78 is 6.05. The van der Waals surface area contributed by atoms with Crippen LogP contribution < -0.4 is 10.1 Å². The number of benzene rings is 1. The summed E-state index contributed by atoms with van der Waals surface area (Å²) >= 11 is 4.74. The van der Waals surface area contributed by atoms with E-state index in [1.807, 2.05) is 30.3 Å². The van der Waals surface area contributed by atoms with E-state index in [0.717, 1.165) is 14.2 Å². The van der Waals surface area contributed by atoms with Gasteiger partial charge < -0.3 is 15.0 Å². The number of imide groups is 1. The summed E-state index contributed by atoms with van der Waals surface area (Å²) in [6.45, 7) is 1.68. The lowest BCUT2D eigenvalue weighted by molar-refractivity contribution is -0.138. The third kappa shape index (κ3) is 3.90. The molecular formula is C19H20BrN3O4S. The van der Waals surface area contributed by atoms with Crippen LogP contribution in [0.4, 0.5) is 4.79 Å². The maximum atomic E-state index is 12.9. The van der Waals surface area contributed by atoms with Gasteiger partial charge in [0.25, 0.3) is 5.91 Å². The third-order valence-electron chi connectivity index (χ3n) is 4.61. The van der Waals surface area contributed by atoms with Gasteiger partial charge in [0.2, 0.25) is 5.91 Å². The molecule has 7 nitrogen and oxygen atoms in total. The molecular weight excluding hydrogens is 446 g/mol. The Hall–Kier alpha value is -2.39. The fourth-order valence-electron chi connectivity index (χ4n) is 2.98. The fraction of sp³-hybridized carbons (Fsp3) is 0.316. The number of amides is 4. The van der Waals surface area contributed by atoms with Crippen LogP contribution in [0.5, 0.6) is 5.75 Å². The van der Waals surface area contributed by atoms with E-state index in [4.69, 9.17) is 4.74 Å². The molecule has 1 aromatic carbocycles. The van der Waals surface area contributed by atoms with Gasteiger partial charge in [-0.2, -0.15) is 0 Å². The Balaban J connectivity index is 1.69. The highest BCUT2D eigenvalue weighted by molar-refractivity contribution is 9.11. The maximum absolute atomic E-state index is 12.9. The molecule has 0 radical (unpaired) electrons. The van der Waals surface area contributed by atoms with Gasteiger partial charge in [0.1, 0.15) is 12.3 Å². The first-order valence-electron chi connectivity index (χ1n) is 8.51. The van der Waals surface area contributed by atoms with Crippen molar-refractivity contribution in [3.8, 4) is 5.75 Å². The number of nitrogens with one attached hydrogen (secondary N) is 1. The number of hydrogen-bond donors (Lipinski definition) is 1. The molecule has 1 aliphatic rings. The minimum atomic E-state index is -1.17. The van der Waals surface area contributed by atoms with Gasteiger partial charge in [0, 0.05) is 18.5 Å². The molecule has 4 amide bonds. The lowest BCUT2D eigenvalue weighted by Crippen LogP contribution is -2.43. The maximum Gasteiger partial charge on any atom is 0.325 e. The number of nitrogens with zero attached hydrogens (tertiary/aromatic N) is 2. The van der Waals surface area contributed by atoms with Crippen LogP contribution in [0.1, 0.15) is 17.4 Å². The number of carbonyl (C=O) groups excluding carboxylic acids is 3. The molecule has 1 atom stereocenters. The number of methoxy groups -OCH3 is 1. The molecule has 1 unspecified atom stereocenters. The number of rotatable bonds is 6. The number of halogens is 1. The van der Waals surface area contributed by atoms with E-state index in [9.17, 15) is 14.4 Å². The Kier molecular flexibility index (Phi) is 5.76. The molecule has 0 saturated carbocycles. The Morgan fingerprint density at radius 2 is 2.07 bits per heavy atom. The second-order valence-corrected chi connectivity index (χ2v) is 9.11. The largest absolute Gasteiger partial charge is 0.497 e. The van der Waals surface area contributed by atoms with Gasteiger partial charge in [-0.3, -0.25) is 14.5 Å². The molecule has 0 bridgehead atoms. The predicted octanol–water partition coefficient (Wildman–Crippen LogP) is 2.94. The minimum absolute atomic E-state index is 0.312. The van der Waals surface area contributed by atoms with E-state index in [0.29, 0.717) is 17.2 Å². The highest BCUT2D eigenvalue weighted by Gasteiger charge is 2.50. The Labute approximate surface area is 175 Å². The molecule has 2 heterocycles. The molecule has 1 aromatic heterocycles. The van der Waals surface area contributed by atoms with Crippen molar-refractivity contribution in [3.05, 3.63) is 50.6 Å². The van der Waals surface area contributed by atoms with Crippen LogP contribution in [0.3, 0.4) is 0 Å². The third-order valence-corrected chi connectivity index (χ3v) is 6.46. The Bertz CT molecular complexity index is 931. The van der Waals surface area contributed by atoms with Gasteiger partial charge in [-0.25, -0.2) is 4.79 Å². The quantitative estimate of drug-likeness (QED) is 0.665. The van der Waals surface area contributed by atoms with Gasteiger partial charge in [0.05, 0.1) is 10.9 Å². The Morgan fingerprint density at radius 1 is 1.32 bits per heavy atom. The van der Waals surface area contributed by atoms with Gasteiger partial charge in [-0.1, -0.05) is 12.1 Å². The summed E-state index contributed by atoms with van der Waals surface area (Å²) in [7, 11) is 3.21. The molecule has 1 saturated heterocycles. The van der Waals surface area contributed by atoms with Crippen LogP contribution in [0.25, 0.3) is 0 Å². The van der Waals surface area contributed by atoms with Gasteiger partial charge in [-0.05, 0) is 52.7 Å². The van der Waals surface area contributed by atoms with Crippen LogP contribution in [0, 0.1) is 0 Å². The molecule has 0 aliphatic carbocycles. The van der Waals surface area contributed by atoms with E-state index in [-0.39, 0.29) is 12.5 Å². The second kappa shape index (κ2) is 7.92. The summed E-state index contributed by atoms with van der Waals surface area (Å²) in [5.74, 6) is -0.0665. The fourth-order valence-corrected chi connectivity index (χ4v) is 4.46. The number of ether oxygens (including phenoxy) is 1. The van der Waals surface area contributed by atoms with Crippen LogP contribution >= 0.6 is 27.3 Å². The summed E-state index contributed by atoms with van der Waals surface area (Å²) in [6, 6.07) is 10.4. The number of likely N-dealkylation sites (N-methyl/N-ethyl adjacent to an activating group) is 1. The van der Waals surface area contributed by atoms with E-state index in [2.05, 4.69) is 21.2 Å². The van der Waals surface area contributed by atoms with Gasteiger partial charge >= 0.3 is 6.03 Å². The molecule has 28 heavy (non-hydrogen) atoms. The highest BCUT2D eigenvalue weighted by atomic mass is 79.9. The molecule has 2 aromatic rings. The van der Waals surface area contributed by atoms with Crippen LogP contribution in [-0.4, -0.2) is 48.3 Å². The van der Waals surface area contributed by atoms with Crippen molar-refractivity contribution >= 4 is 45.1 Å². The number of hydrogen-bond acceptors (Lipinski definition) is 5. The van der Waals surface area contributed by atoms with E-state index >= 15 is 0 Å². The van der Waals surface area contributed by atoms with Crippen molar-refractivity contribution in [2.24, 2.45) is 0 Å². The molecule has 1 fully saturated rings. The van der Waals surface area contributed by atoms with Gasteiger partial charge in [-0.15, -0.1) is 11.3 Å². The lowest BCUT2D eigenvalue weighted by Gasteiger charge is -2.22. The van der Waals surface area contributed by atoms with Gasteiger partial charge in [0.15, 0.2) is 5.54 Å². The number of urea groups is 1. The zero-order valence-corrected chi connectivity index (χ0v) is 18.1. The van der Waals surface area contributed by atoms with Crippen molar-refractivity contribution in [1.82, 2.24) is 15.1 Å². The molecule has 148 valence electrons. The molecule has 1 aliphatic heterocycles. The monoisotopic (exact) mass is 465 g/mol. The zero-order valence-electron chi connectivity index (χ0n) is 15.7. The SMILES string of the molecule is COc1cccc(CN(C)C(=O)CN2C(=O)NC(C)(c3ccc(Br)s3)C2=O)c1. The first kappa shape index (κ1) is 20.3. The van der Waals surface area contributed by atoms with Crippen LogP contribution in [0.2, 0.25) is 0 Å². The standard InChI is InChI=1S/C19H20BrN3O4S/c1-19(14-7-8-15(20)28-14)17(25)23(18(26)21-19)11-16(24)22(2)10-12-5-4-6-13(9-12)27-3/h4-9H,10-11H2,1-3H3,(H,21,26). The first-order chi connectivity index (χ1) is 13.2. The van der Waals surface area contributed by atoms with Crippen LogP contribution in [-0.2, 0) is 21.7 Å². The van der Waals surface area contributed by atoms with Crippen molar-refractivity contribution in [1.29, 1.82) is 0 Å². The highest BCUT2D eigenvalue weighted by Crippen LogP contribution is 2.35.